The summed E-state index contributed by atoms with van der Waals surface area (Å²) in [5.74, 6) is -1.25. The number of hydrogen-bond acceptors (Lipinski definition) is 5. The molecule has 0 aliphatic rings. The Morgan fingerprint density at radius 2 is 1.56 bits per heavy atom. The first-order valence-corrected chi connectivity index (χ1v) is 13.1. The molecule has 216 valence electrons. The molecule has 3 aromatic carbocycles. The predicted molar refractivity (Wildman–Crippen MR) is 158 cm³/mol. The van der Waals surface area contributed by atoms with Gasteiger partial charge < -0.3 is 30.3 Å². The van der Waals surface area contributed by atoms with Gasteiger partial charge in [-0.25, -0.2) is 4.79 Å². The average molecular weight is 561 g/mol. The first-order chi connectivity index (χ1) is 19.4. The molecule has 3 rings (SSSR count). The zero-order chi connectivity index (χ0) is 30.0. The Balaban J connectivity index is 1.69. The van der Waals surface area contributed by atoms with Crippen molar-refractivity contribution in [3.05, 3.63) is 84.4 Å². The minimum atomic E-state index is -0.979. The minimum absolute atomic E-state index is 0.174. The molecule has 0 heterocycles. The molecule has 0 saturated heterocycles. The minimum Gasteiger partial charge on any atom is -0.482 e. The second-order valence-electron chi connectivity index (χ2n) is 10.7. The third-order valence-corrected chi connectivity index (χ3v) is 5.90. The number of amides is 4. The zero-order valence-electron chi connectivity index (χ0n) is 23.7. The van der Waals surface area contributed by atoms with Crippen molar-refractivity contribution in [2.24, 2.45) is 5.41 Å². The summed E-state index contributed by atoms with van der Waals surface area (Å²) in [5.41, 5.74) is 1.86. The number of rotatable bonds is 11. The van der Waals surface area contributed by atoms with Crippen LogP contribution in [0.2, 0.25) is 0 Å². The van der Waals surface area contributed by atoms with Crippen LogP contribution in [-0.2, 0) is 20.8 Å². The molecule has 0 spiro atoms. The molecular weight excluding hydrogens is 524 g/mol. The van der Waals surface area contributed by atoms with E-state index in [0.29, 0.717) is 29.2 Å². The lowest BCUT2D eigenvalue weighted by molar-refractivity contribution is -0.136. The maximum atomic E-state index is 13.4. The molecule has 3 aromatic rings. The Bertz CT molecular complexity index is 1370. The first kappa shape index (κ1) is 30.7. The smallest absolute Gasteiger partial charge is 0.319 e. The van der Waals surface area contributed by atoms with Crippen molar-refractivity contribution < 1.29 is 29.0 Å². The summed E-state index contributed by atoms with van der Waals surface area (Å²) in [6.07, 6.45) is -0.174. The second kappa shape index (κ2) is 14.0. The van der Waals surface area contributed by atoms with E-state index in [-0.39, 0.29) is 36.8 Å². The summed E-state index contributed by atoms with van der Waals surface area (Å²) in [7, 11) is 1.67. The summed E-state index contributed by atoms with van der Waals surface area (Å²) >= 11 is 0. The lowest BCUT2D eigenvalue weighted by atomic mass is 9.95. The summed E-state index contributed by atoms with van der Waals surface area (Å²) < 4.78 is 5.90. The highest BCUT2D eigenvalue weighted by Gasteiger charge is 2.26. The van der Waals surface area contributed by atoms with Crippen molar-refractivity contribution in [1.29, 1.82) is 0 Å². The molecule has 4 amide bonds. The zero-order valence-corrected chi connectivity index (χ0v) is 23.7. The van der Waals surface area contributed by atoms with Crippen LogP contribution in [0, 0.1) is 5.41 Å². The molecule has 41 heavy (non-hydrogen) atoms. The SMILES string of the molecule is CN(C(=O)COc1ccccc1N(CC(C)(C)C)C(=O)CNC(=O)Nc1cccc(CC(=O)O)c1)c1ccccc1. The summed E-state index contributed by atoms with van der Waals surface area (Å²) in [5, 5.41) is 14.2. The van der Waals surface area contributed by atoms with Gasteiger partial charge in [-0.2, -0.15) is 0 Å². The van der Waals surface area contributed by atoms with Gasteiger partial charge in [0, 0.05) is 25.0 Å². The number of nitrogens with zero attached hydrogens (tertiary/aromatic N) is 2. The topological polar surface area (TPSA) is 128 Å². The largest absolute Gasteiger partial charge is 0.482 e. The second-order valence-corrected chi connectivity index (χ2v) is 10.7. The van der Waals surface area contributed by atoms with Crippen LogP contribution in [0.15, 0.2) is 78.9 Å². The van der Waals surface area contributed by atoms with Crippen LogP contribution < -0.4 is 25.2 Å². The van der Waals surface area contributed by atoms with E-state index in [1.165, 1.54) is 9.80 Å². The Kier molecular flexibility index (Phi) is 10.5. The summed E-state index contributed by atoms with van der Waals surface area (Å²) in [6.45, 7) is 5.74. The van der Waals surface area contributed by atoms with Crippen molar-refractivity contribution in [2.75, 3.05) is 41.9 Å². The molecule has 0 atom stereocenters. The lowest BCUT2D eigenvalue weighted by Crippen LogP contribution is -2.45. The van der Waals surface area contributed by atoms with Crippen molar-refractivity contribution in [3.8, 4) is 5.75 Å². The number of benzene rings is 3. The molecule has 0 unspecified atom stereocenters. The fraction of sp³-hybridized carbons (Fsp3) is 0.290. The van der Waals surface area contributed by atoms with Gasteiger partial charge in [0.25, 0.3) is 5.91 Å². The number of carboxylic acids is 1. The number of urea groups is 1. The van der Waals surface area contributed by atoms with Crippen LogP contribution in [0.5, 0.6) is 5.75 Å². The van der Waals surface area contributed by atoms with Gasteiger partial charge in [0.2, 0.25) is 5.91 Å². The van der Waals surface area contributed by atoms with Crippen molar-refractivity contribution >= 4 is 40.9 Å². The van der Waals surface area contributed by atoms with Crippen LogP contribution in [-0.4, -0.2) is 55.7 Å². The molecule has 10 nitrogen and oxygen atoms in total. The normalized spacial score (nSPS) is 10.8. The van der Waals surface area contributed by atoms with E-state index in [1.807, 2.05) is 51.1 Å². The number of anilines is 3. The molecule has 0 aromatic heterocycles. The van der Waals surface area contributed by atoms with E-state index >= 15 is 0 Å². The third kappa shape index (κ3) is 9.68. The molecule has 0 aliphatic heterocycles. The number of hydrogen-bond donors (Lipinski definition) is 3. The highest BCUT2D eigenvalue weighted by atomic mass is 16.5. The third-order valence-electron chi connectivity index (χ3n) is 5.90. The number of carboxylic acid groups (broad SMARTS) is 1. The molecule has 0 bridgehead atoms. The van der Waals surface area contributed by atoms with Crippen molar-refractivity contribution in [2.45, 2.75) is 27.2 Å². The number of nitrogens with one attached hydrogen (secondary N) is 2. The monoisotopic (exact) mass is 560 g/mol. The molecule has 10 heteroatoms. The molecule has 0 fully saturated rings. The number of likely N-dealkylation sites (N-methyl/N-ethyl adjacent to an activating group) is 1. The van der Waals surface area contributed by atoms with Crippen LogP contribution in [0.25, 0.3) is 0 Å². The molecular formula is C31H36N4O6. The fourth-order valence-corrected chi connectivity index (χ4v) is 3.98. The Hall–Kier alpha value is -4.86. The van der Waals surface area contributed by atoms with E-state index < -0.39 is 12.0 Å². The summed E-state index contributed by atoms with van der Waals surface area (Å²) in [4.78, 5) is 52.8. The van der Waals surface area contributed by atoms with Crippen LogP contribution >= 0.6 is 0 Å². The standard InChI is InChI=1S/C31H36N4O6/c1-31(2,3)21-35(27(36)19-32-30(40)33-23-12-10-11-22(17-23)18-29(38)39)25-15-8-9-16-26(25)41-20-28(37)34(4)24-13-6-5-7-14-24/h5-17H,18-21H2,1-4H3,(H,38,39)(H2,32,33,40). The van der Waals surface area contributed by atoms with Crippen LogP contribution in [0.3, 0.4) is 0 Å². The molecule has 3 N–H and O–H groups in total. The highest BCUT2D eigenvalue weighted by Crippen LogP contribution is 2.31. The Morgan fingerprint density at radius 1 is 0.878 bits per heavy atom. The fourth-order valence-electron chi connectivity index (χ4n) is 3.98. The van der Waals surface area contributed by atoms with Gasteiger partial charge in [-0.3, -0.25) is 14.4 Å². The van der Waals surface area contributed by atoms with Gasteiger partial charge in [-0.05, 0) is 47.4 Å². The first-order valence-electron chi connectivity index (χ1n) is 13.1. The summed E-state index contributed by atoms with van der Waals surface area (Å²) in [6, 6.07) is 22.0. The molecule has 0 aliphatic carbocycles. The van der Waals surface area contributed by atoms with Crippen molar-refractivity contribution in [1.82, 2.24) is 5.32 Å². The van der Waals surface area contributed by atoms with Gasteiger partial charge in [-0.1, -0.05) is 63.2 Å². The molecule has 0 radical (unpaired) electrons. The predicted octanol–water partition coefficient (Wildman–Crippen LogP) is 4.56. The number of para-hydroxylation sites is 3. The van der Waals surface area contributed by atoms with Crippen LogP contribution in [0.1, 0.15) is 26.3 Å². The van der Waals surface area contributed by atoms with Gasteiger partial charge in [-0.15, -0.1) is 0 Å². The lowest BCUT2D eigenvalue weighted by Gasteiger charge is -2.31. The Morgan fingerprint density at radius 3 is 2.24 bits per heavy atom. The van der Waals surface area contributed by atoms with E-state index in [1.54, 1.807) is 55.6 Å². The average Bonchev–Trinajstić information content (AvgIpc) is 2.93. The quantitative estimate of drug-likeness (QED) is 0.316. The number of carbonyl (C=O) groups is 4. The van der Waals surface area contributed by atoms with Crippen LogP contribution in [0.4, 0.5) is 21.9 Å². The van der Waals surface area contributed by atoms with Gasteiger partial charge in [0.15, 0.2) is 6.61 Å². The number of ether oxygens (including phenoxy) is 1. The van der Waals surface area contributed by atoms with Gasteiger partial charge >= 0.3 is 12.0 Å². The molecule has 0 saturated carbocycles. The number of aliphatic carboxylic acids is 1. The maximum absolute atomic E-state index is 13.4. The van der Waals surface area contributed by atoms with E-state index in [2.05, 4.69) is 10.6 Å². The van der Waals surface area contributed by atoms with E-state index in [4.69, 9.17) is 9.84 Å². The number of carbonyl (C=O) groups excluding carboxylic acids is 3. The van der Waals surface area contributed by atoms with Crippen molar-refractivity contribution in [3.63, 3.8) is 0 Å². The van der Waals surface area contributed by atoms with Gasteiger partial charge in [0.05, 0.1) is 18.7 Å². The van der Waals surface area contributed by atoms with E-state index in [0.717, 1.165) is 5.69 Å². The highest BCUT2D eigenvalue weighted by molar-refractivity contribution is 6.00. The van der Waals surface area contributed by atoms with Gasteiger partial charge in [0.1, 0.15) is 5.75 Å². The maximum Gasteiger partial charge on any atom is 0.319 e. The Labute approximate surface area is 239 Å². The van der Waals surface area contributed by atoms with E-state index in [9.17, 15) is 19.2 Å².